The minimum Gasteiger partial charge on any atom is -0.344 e. The van der Waals surface area contributed by atoms with Crippen molar-refractivity contribution < 1.29 is 13.2 Å². The predicted molar refractivity (Wildman–Crippen MR) is 61.2 cm³/mol. The summed E-state index contributed by atoms with van der Waals surface area (Å²) < 4.78 is 40.2. The van der Waals surface area contributed by atoms with Gasteiger partial charge in [-0.25, -0.2) is 0 Å². The molecule has 0 aliphatic rings. The van der Waals surface area contributed by atoms with Crippen molar-refractivity contribution in [1.82, 2.24) is 9.36 Å². The molecule has 8 heteroatoms. The van der Waals surface area contributed by atoms with Gasteiger partial charge in [-0.3, -0.25) is 0 Å². The fraction of sp³-hybridized carbons (Fsp3) is 0.750. The molecular formula is C8H11BrF3N3S. The van der Waals surface area contributed by atoms with E-state index in [2.05, 4.69) is 25.3 Å². The van der Waals surface area contributed by atoms with Gasteiger partial charge in [-0.15, -0.1) is 0 Å². The molecule has 1 aromatic rings. The van der Waals surface area contributed by atoms with Gasteiger partial charge in [0.15, 0.2) is 0 Å². The number of halogens is 4. The predicted octanol–water partition coefficient (Wildman–Crippen LogP) is 3.17. The lowest BCUT2D eigenvalue weighted by Gasteiger charge is -2.24. The molecule has 0 fully saturated rings. The second-order valence-electron chi connectivity index (χ2n) is 3.37. The highest BCUT2D eigenvalue weighted by atomic mass is 79.9. The van der Waals surface area contributed by atoms with Crippen LogP contribution in [0.1, 0.15) is 19.7 Å². The normalized spacial score (nSPS) is 12.2. The third kappa shape index (κ3) is 3.31. The largest absolute Gasteiger partial charge is 0.452 e. The summed E-state index contributed by atoms with van der Waals surface area (Å²) in [5, 5.41) is 0.980. The molecule has 0 aliphatic carbocycles. The average molecular weight is 318 g/mol. The van der Waals surface area contributed by atoms with E-state index in [4.69, 9.17) is 0 Å². The summed E-state index contributed by atoms with van der Waals surface area (Å²) in [5.74, 6) is -1.06. The highest BCUT2D eigenvalue weighted by Crippen LogP contribution is 2.30. The molecule has 1 rings (SSSR count). The van der Waals surface area contributed by atoms with Crippen molar-refractivity contribution in [2.24, 2.45) is 0 Å². The van der Waals surface area contributed by atoms with Crippen LogP contribution in [-0.2, 0) is 6.18 Å². The lowest BCUT2D eigenvalue weighted by Crippen LogP contribution is -2.32. The van der Waals surface area contributed by atoms with Gasteiger partial charge in [0, 0.05) is 29.4 Å². The maximum atomic E-state index is 12.3. The Balaban J connectivity index is 2.90. The van der Waals surface area contributed by atoms with Gasteiger partial charge in [-0.2, -0.15) is 22.5 Å². The monoisotopic (exact) mass is 317 g/mol. The number of aromatic nitrogens is 2. The summed E-state index contributed by atoms with van der Waals surface area (Å²) in [5.41, 5.74) is 0. The van der Waals surface area contributed by atoms with Gasteiger partial charge >= 0.3 is 6.18 Å². The Morgan fingerprint density at radius 1 is 1.44 bits per heavy atom. The molecule has 0 bridgehead atoms. The number of anilines is 1. The third-order valence-corrected chi connectivity index (χ3v) is 2.97. The van der Waals surface area contributed by atoms with E-state index in [-0.39, 0.29) is 6.04 Å². The van der Waals surface area contributed by atoms with Crippen molar-refractivity contribution in [2.75, 3.05) is 16.8 Å². The molecule has 1 aromatic heterocycles. The number of rotatable bonds is 4. The summed E-state index contributed by atoms with van der Waals surface area (Å²) in [6.07, 6.45) is -4.47. The van der Waals surface area contributed by atoms with Gasteiger partial charge in [0.05, 0.1) is 0 Å². The van der Waals surface area contributed by atoms with Gasteiger partial charge < -0.3 is 4.90 Å². The van der Waals surface area contributed by atoms with Crippen LogP contribution in [0.15, 0.2) is 0 Å². The fourth-order valence-corrected chi connectivity index (χ4v) is 2.34. The van der Waals surface area contributed by atoms with E-state index in [1.165, 1.54) is 0 Å². The van der Waals surface area contributed by atoms with E-state index in [1.807, 2.05) is 13.8 Å². The van der Waals surface area contributed by atoms with Gasteiger partial charge in [-0.1, -0.05) is 15.9 Å². The SMILES string of the molecule is CC(C)N(CCBr)c1nc(C(F)(F)F)ns1. The minimum atomic E-state index is -4.47. The zero-order valence-corrected chi connectivity index (χ0v) is 11.2. The lowest BCUT2D eigenvalue weighted by molar-refractivity contribution is -0.144. The fourth-order valence-electron chi connectivity index (χ4n) is 1.11. The van der Waals surface area contributed by atoms with Gasteiger partial charge in [-0.05, 0) is 13.8 Å². The van der Waals surface area contributed by atoms with Gasteiger partial charge in [0.2, 0.25) is 11.0 Å². The Morgan fingerprint density at radius 2 is 2.06 bits per heavy atom. The molecule has 0 unspecified atom stereocenters. The van der Waals surface area contributed by atoms with Crippen LogP contribution in [0.4, 0.5) is 18.3 Å². The minimum absolute atomic E-state index is 0.0894. The smallest absolute Gasteiger partial charge is 0.344 e. The molecule has 0 aliphatic heterocycles. The molecule has 0 spiro atoms. The molecule has 0 radical (unpaired) electrons. The molecule has 16 heavy (non-hydrogen) atoms. The molecule has 0 saturated carbocycles. The Kier molecular flexibility index (Phi) is 4.54. The summed E-state index contributed by atoms with van der Waals surface area (Å²) >= 11 is 4.03. The Hall–Kier alpha value is -0.370. The second-order valence-corrected chi connectivity index (χ2v) is 4.90. The topological polar surface area (TPSA) is 29.0 Å². The van der Waals surface area contributed by atoms with Crippen LogP contribution in [0, 0.1) is 0 Å². The van der Waals surface area contributed by atoms with Crippen molar-refractivity contribution in [3.8, 4) is 0 Å². The Morgan fingerprint density at radius 3 is 2.44 bits per heavy atom. The van der Waals surface area contributed by atoms with Crippen LogP contribution in [-0.4, -0.2) is 27.3 Å². The number of hydrogen-bond donors (Lipinski definition) is 0. The van der Waals surface area contributed by atoms with E-state index in [0.29, 0.717) is 17.0 Å². The van der Waals surface area contributed by atoms with E-state index in [9.17, 15) is 13.2 Å². The van der Waals surface area contributed by atoms with Crippen LogP contribution < -0.4 is 4.90 Å². The highest BCUT2D eigenvalue weighted by Gasteiger charge is 2.36. The maximum absolute atomic E-state index is 12.3. The van der Waals surface area contributed by atoms with Crippen molar-refractivity contribution in [1.29, 1.82) is 0 Å². The third-order valence-electron chi connectivity index (χ3n) is 1.86. The maximum Gasteiger partial charge on any atom is 0.452 e. The van der Waals surface area contributed by atoms with Crippen molar-refractivity contribution in [3.05, 3.63) is 5.82 Å². The van der Waals surface area contributed by atoms with Crippen LogP contribution in [0.2, 0.25) is 0 Å². The van der Waals surface area contributed by atoms with Crippen molar-refractivity contribution >= 4 is 32.6 Å². The van der Waals surface area contributed by atoms with Gasteiger partial charge in [0.25, 0.3) is 0 Å². The van der Waals surface area contributed by atoms with Crippen LogP contribution in [0.5, 0.6) is 0 Å². The summed E-state index contributed by atoms with van der Waals surface area (Å²) in [6, 6.07) is 0.0894. The van der Waals surface area contributed by atoms with Gasteiger partial charge in [0.1, 0.15) is 0 Å². The molecule has 92 valence electrons. The molecule has 0 N–H and O–H groups in total. The Bertz CT molecular complexity index is 340. The molecule has 0 aromatic carbocycles. The quantitative estimate of drug-likeness (QED) is 0.799. The number of alkyl halides is 4. The molecule has 0 atom stereocenters. The van der Waals surface area contributed by atoms with Crippen LogP contribution in [0.25, 0.3) is 0 Å². The molecule has 1 heterocycles. The van der Waals surface area contributed by atoms with E-state index >= 15 is 0 Å². The molecule has 3 nitrogen and oxygen atoms in total. The van der Waals surface area contributed by atoms with Crippen LogP contribution in [0.3, 0.4) is 0 Å². The Labute approximate surface area is 104 Å². The van der Waals surface area contributed by atoms with E-state index < -0.39 is 12.0 Å². The first-order chi connectivity index (χ1) is 7.36. The summed E-state index contributed by atoms with van der Waals surface area (Å²) in [7, 11) is 0. The molecule has 0 saturated heterocycles. The zero-order chi connectivity index (χ0) is 12.3. The first-order valence-corrected chi connectivity index (χ1v) is 6.49. The van der Waals surface area contributed by atoms with Crippen molar-refractivity contribution in [3.63, 3.8) is 0 Å². The van der Waals surface area contributed by atoms with Crippen LogP contribution >= 0.6 is 27.5 Å². The average Bonchev–Trinajstić information content (AvgIpc) is 2.61. The summed E-state index contributed by atoms with van der Waals surface area (Å²) in [6.45, 7) is 4.40. The number of hydrogen-bond acceptors (Lipinski definition) is 4. The van der Waals surface area contributed by atoms with E-state index in [1.54, 1.807) is 4.90 Å². The second kappa shape index (κ2) is 5.31. The zero-order valence-electron chi connectivity index (χ0n) is 8.75. The van der Waals surface area contributed by atoms with Crippen molar-refractivity contribution in [2.45, 2.75) is 26.1 Å². The highest BCUT2D eigenvalue weighted by molar-refractivity contribution is 9.09. The molecular weight excluding hydrogens is 307 g/mol. The first kappa shape index (κ1) is 13.7. The standard InChI is InChI=1S/C8H11BrF3N3S/c1-5(2)15(4-3-9)7-13-6(14-16-7)8(10,11)12/h5H,3-4H2,1-2H3. The first-order valence-electron chi connectivity index (χ1n) is 4.59. The van der Waals surface area contributed by atoms with E-state index in [0.717, 1.165) is 11.5 Å². The molecule has 0 amide bonds. The summed E-state index contributed by atoms with van der Waals surface area (Å²) in [4.78, 5) is 5.29. The number of nitrogens with zero attached hydrogens (tertiary/aromatic N) is 3. The lowest BCUT2D eigenvalue weighted by atomic mass is 10.3.